The van der Waals surface area contributed by atoms with Gasteiger partial charge in [-0.25, -0.2) is 5.84 Å². The Labute approximate surface area is 119 Å². The SMILES string of the molecule is CC(CNc1nc(NN)nc(N(C)C)n1)N1CCCC1. The third-order valence-electron chi connectivity index (χ3n) is 3.47. The zero-order valence-corrected chi connectivity index (χ0v) is 12.4. The summed E-state index contributed by atoms with van der Waals surface area (Å²) in [5, 5.41) is 3.27. The van der Waals surface area contributed by atoms with Gasteiger partial charge in [-0.05, 0) is 32.9 Å². The molecule has 112 valence electrons. The third kappa shape index (κ3) is 3.67. The second-order valence-corrected chi connectivity index (χ2v) is 5.29. The van der Waals surface area contributed by atoms with E-state index in [9.17, 15) is 0 Å². The predicted molar refractivity (Wildman–Crippen MR) is 80.7 cm³/mol. The van der Waals surface area contributed by atoms with E-state index in [-0.39, 0.29) is 0 Å². The monoisotopic (exact) mass is 280 g/mol. The number of nitrogen functional groups attached to an aromatic ring is 1. The van der Waals surface area contributed by atoms with Crippen LogP contribution in [-0.2, 0) is 0 Å². The molecule has 1 aromatic heterocycles. The highest BCUT2D eigenvalue weighted by atomic mass is 15.4. The van der Waals surface area contributed by atoms with Gasteiger partial charge >= 0.3 is 0 Å². The van der Waals surface area contributed by atoms with E-state index >= 15 is 0 Å². The minimum atomic E-state index is 0.361. The number of hydrogen-bond donors (Lipinski definition) is 3. The van der Waals surface area contributed by atoms with Crippen LogP contribution in [0.3, 0.4) is 0 Å². The summed E-state index contributed by atoms with van der Waals surface area (Å²) in [5.74, 6) is 6.86. The van der Waals surface area contributed by atoms with Crippen LogP contribution < -0.4 is 21.5 Å². The Morgan fingerprint density at radius 2 is 1.85 bits per heavy atom. The van der Waals surface area contributed by atoms with Gasteiger partial charge in [0.1, 0.15) is 0 Å². The smallest absolute Gasteiger partial charge is 0.243 e. The van der Waals surface area contributed by atoms with Crippen molar-refractivity contribution in [1.29, 1.82) is 0 Å². The maximum Gasteiger partial charge on any atom is 0.243 e. The topological polar surface area (TPSA) is 95.2 Å². The van der Waals surface area contributed by atoms with Crippen molar-refractivity contribution in [2.45, 2.75) is 25.8 Å². The maximum absolute atomic E-state index is 5.39. The Bertz CT molecular complexity index is 429. The molecule has 4 N–H and O–H groups in total. The van der Waals surface area contributed by atoms with Gasteiger partial charge in [0.05, 0.1) is 0 Å². The molecule has 1 unspecified atom stereocenters. The van der Waals surface area contributed by atoms with Crippen LogP contribution in [0.2, 0.25) is 0 Å². The molecule has 1 atom stereocenters. The number of rotatable bonds is 6. The molecule has 8 heteroatoms. The van der Waals surface area contributed by atoms with E-state index < -0.39 is 0 Å². The molecule has 8 nitrogen and oxygen atoms in total. The van der Waals surface area contributed by atoms with Crippen molar-refractivity contribution < 1.29 is 0 Å². The lowest BCUT2D eigenvalue weighted by Crippen LogP contribution is -2.36. The summed E-state index contributed by atoms with van der Waals surface area (Å²) in [5.41, 5.74) is 2.47. The van der Waals surface area contributed by atoms with Crippen molar-refractivity contribution in [3.8, 4) is 0 Å². The van der Waals surface area contributed by atoms with Gasteiger partial charge in [-0.3, -0.25) is 10.3 Å². The molecular formula is C12H24N8. The number of likely N-dealkylation sites (tertiary alicyclic amines) is 1. The molecule has 0 spiro atoms. The molecule has 0 aliphatic carbocycles. The number of hydrogen-bond acceptors (Lipinski definition) is 8. The standard InChI is InChI=1S/C12H24N8/c1-9(20-6-4-5-7-20)8-14-10-15-11(18-13)17-12(16-10)19(2)3/h9H,4-8,13H2,1-3H3,(H2,14,15,16,17,18). The number of nitrogens with two attached hydrogens (primary N) is 1. The first-order valence-corrected chi connectivity index (χ1v) is 6.98. The fourth-order valence-corrected chi connectivity index (χ4v) is 2.26. The molecule has 0 aromatic carbocycles. The maximum atomic E-state index is 5.39. The molecular weight excluding hydrogens is 256 g/mol. The van der Waals surface area contributed by atoms with Crippen molar-refractivity contribution in [2.75, 3.05) is 49.4 Å². The largest absolute Gasteiger partial charge is 0.352 e. The van der Waals surface area contributed by atoms with Crippen LogP contribution in [-0.4, -0.2) is 59.6 Å². The molecule has 1 aliphatic heterocycles. The zero-order valence-electron chi connectivity index (χ0n) is 12.4. The van der Waals surface area contributed by atoms with Gasteiger partial charge in [0.15, 0.2) is 0 Å². The van der Waals surface area contributed by atoms with E-state index in [1.54, 1.807) is 0 Å². The van der Waals surface area contributed by atoms with Gasteiger partial charge in [0, 0.05) is 26.7 Å². The number of nitrogens with zero attached hydrogens (tertiary/aromatic N) is 5. The second kappa shape index (κ2) is 6.67. The van der Waals surface area contributed by atoms with Crippen LogP contribution in [0.1, 0.15) is 19.8 Å². The van der Waals surface area contributed by atoms with E-state index in [4.69, 9.17) is 5.84 Å². The summed E-state index contributed by atoms with van der Waals surface area (Å²) in [6.45, 7) is 5.38. The highest BCUT2D eigenvalue weighted by Gasteiger charge is 2.18. The van der Waals surface area contributed by atoms with E-state index in [0.29, 0.717) is 23.9 Å². The first-order chi connectivity index (χ1) is 9.60. The normalized spacial score (nSPS) is 17.0. The summed E-state index contributed by atoms with van der Waals surface area (Å²) in [6.07, 6.45) is 2.59. The van der Waals surface area contributed by atoms with Crippen molar-refractivity contribution in [3.63, 3.8) is 0 Å². The lowest BCUT2D eigenvalue weighted by atomic mass is 10.3. The summed E-state index contributed by atoms with van der Waals surface area (Å²) in [7, 11) is 3.76. The quantitative estimate of drug-likeness (QED) is 0.499. The summed E-state index contributed by atoms with van der Waals surface area (Å²) in [6, 6.07) is 0.464. The Morgan fingerprint density at radius 1 is 1.20 bits per heavy atom. The van der Waals surface area contributed by atoms with Crippen molar-refractivity contribution in [2.24, 2.45) is 5.84 Å². The molecule has 1 aromatic rings. The van der Waals surface area contributed by atoms with Gasteiger partial charge in [-0.1, -0.05) is 0 Å². The van der Waals surface area contributed by atoms with Gasteiger partial charge in [-0.15, -0.1) is 0 Å². The van der Waals surface area contributed by atoms with Crippen LogP contribution in [0.15, 0.2) is 0 Å². The van der Waals surface area contributed by atoms with Crippen LogP contribution >= 0.6 is 0 Å². The van der Waals surface area contributed by atoms with E-state index in [2.05, 4.69) is 37.5 Å². The zero-order chi connectivity index (χ0) is 14.5. The van der Waals surface area contributed by atoms with Crippen LogP contribution in [0.5, 0.6) is 0 Å². The molecule has 1 aliphatic rings. The van der Waals surface area contributed by atoms with Crippen molar-refractivity contribution in [3.05, 3.63) is 0 Å². The summed E-state index contributed by atoms with van der Waals surface area (Å²) >= 11 is 0. The van der Waals surface area contributed by atoms with Gasteiger partial charge < -0.3 is 10.2 Å². The first kappa shape index (κ1) is 14.7. The average molecular weight is 280 g/mol. The lowest BCUT2D eigenvalue weighted by molar-refractivity contribution is 0.269. The Balaban J connectivity index is 1.99. The van der Waals surface area contributed by atoms with Gasteiger partial charge in [0.2, 0.25) is 17.8 Å². The van der Waals surface area contributed by atoms with E-state index in [0.717, 1.165) is 6.54 Å². The molecule has 2 heterocycles. The number of aromatic nitrogens is 3. The number of nitrogens with one attached hydrogen (secondary N) is 2. The molecule has 1 saturated heterocycles. The molecule has 2 rings (SSSR count). The van der Waals surface area contributed by atoms with Crippen LogP contribution in [0.25, 0.3) is 0 Å². The third-order valence-corrected chi connectivity index (χ3v) is 3.47. The molecule has 0 radical (unpaired) electrons. The second-order valence-electron chi connectivity index (χ2n) is 5.29. The fourth-order valence-electron chi connectivity index (χ4n) is 2.26. The predicted octanol–water partition coefficient (Wildman–Crippen LogP) is 0.119. The minimum Gasteiger partial charge on any atom is -0.352 e. The van der Waals surface area contributed by atoms with Crippen LogP contribution in [0, 0.1) is 0 Å². The Morgan fingerprint density at radius 3 is 2.45 bits per heavy atom. The molecule has 20 heavy (non-hydrogen) atoms. The Kier molecular flexibility index (Phi) is 4.91. The minimum absolute atomic E-state index is 0.361. The fraction of sp³-hybridized carbons (Fsp3) is 0.750. The number of hydrazine groups is 1. The van der Waals surface area contributed by atoms with Crippen molar-refractivity contribution in [1.82, 2.24) is 19.9 Å². The molecule has 0 saturated carbocycles. The average Bonchev–Trinajstić information content (AvgIpc) is 2.98. The molecule has 0 bridgehead atoms. The lowest BCUT2D eigenvalue weighted by Gasteiger charge is -2.24. The number of anilines is 3. The summed E-state index contributed by atoms with van der Waals surface area (Å²) in [4.78, 5) is 17.0. The Hall–Kier alpha value is -1.67. The highest BCUT2D eigenvalue weighted by Crippen LogP contribution is 2.13. The first-order valence-electron chi connectivity index (χ1n) is 6.98. The summed E-state index contributed by atoms with van der Waals surface area (Å²) < 4.78 is 0. The van der Waals surface area contributed by atoms with E-state index in [1.807, 2.05) is 19.0 Å². The van der Waals surface area contributed by atoms with E-state index in [1.165, 1.54) is 25.9 Å². The highest BCUT2D eigenvalue weighted by molar-refractivity contribution is 5.42. The van der Waals surface area contributed by atoms with Gasteiger partial charge in [-0.2, -0.15) is 15.0 Å². The molecule has 0 amide bonds. The van der Waals surface area contributed by atoms with Crippen molar-refractivity contribution >= 4 is 17.8 Å². The van der Waals surface area contributed by atoms with Gasteiger partial charge in [0.25, 0.3) is 0 Å². The molecule has 1 fully saturated rings. The van der Waals surface area contributed by atoms with Crippen LogP contribution in [0.4, 0.5) is 17.8 Å².